The number of ether oxygens (including phenoxy) is 7. The molecule has 0 amide bonds. The fourth-order valence-electron chi connectivity index (χ4n) is 7.14. The lowest BCUT2D eigenvalue weighted by Gasteiger charge is -2.30. The molecule has 270 valence electrons. The summed E-state index contributed by atoms with van der Waals surface area (Å²) in [5.74, 6) is 0.247. The van der Waals surface area contributed by atoms with Crippen LogP contribution in [0.15, 0.2) is 24.3 Å². The first kappa shape index (κ1) is 38.5. The largest absolute Gasteiger partial charge is 0.465 e. The van der Waals surface area contributed by atoms with Crippen LogP contribution in [0.5, 0.6) is 0 Å². The van der Waals surface area contributed by atoms with Gasteiger partial charge in [-0.25, -0.2) is 0 Å². The number of esters is 1. The van der Waals surface area contributed by atoms with Crippen molar-refractivity contribution in [2.75, 3.05) is 26.4 Å². The molecule has 0 aromatic rings. The molecule has 4 aliphatic rings. The van der Waals surface area contributed by atoms with E-state index in [1.54, 1.807) is 0 Å². The predicted molar refractivity (Wildman–Crippen MR) is 184 cm³/mol. The van der Waals surface area contributed by atoms with E-state index in [1.165, 1.54) is 12.8 Å². The summed E-state index contributed by atoms with van der Waals surface area (Å²) in [5, 5.41) is 0. The van der Waals surface area contributed by atoms with E-state index in [9.17, 15) is 4.79 Å². The van der Waals surface area contributed by atoms with Crippen molar-refractivity contribution in [3.05, 3.63) is 24.3 Å². The fourth-order valence-corrected chi connectivity index (χ4v) is 7.14. The molecule has 0 bridgehead atoms. The molecule has 4 fully saturated rings. The average molecular weight is 663 g/mol. The molecule has 47 heavy (non-hydrogen) atoms. The molecule has 3 unspecified atom stereocenters. The highest BCUT2D eigenvalue weighted by molar-refractivity contribution is 5.71. The minimum Gasteiger partial charge on any atom is -0.465 e. The Morgan fingerprint density at radius 3 is 2.06 bits per heavy atom. The Labute approximate surface area is 285 Å². The third-order valence-electron chi connectivity index (χ3n) is 9.96. The maximum Gasteiger partial charge on any atom is 0.308 e. The number of carbonyl (C=O) groups is 1. The van der Waals surface area contributed by atoms with Crippen molar-refractivity contribution in [3.63, 3.8) is 0 Å². The molecule has 3 saturated heterocycles. The Hall–Kier alpha value is -1.29. The first-order chi connectivity index (χ1) is 23.0. The van der Waals surface area contributed by atoms with Gasteiger partial charge in [0.2, 0.25) is 0 Å². The fraction of sp³-hybridized carbons (Fsp3) is 0.872. The van der Waals surface area contributed by atoms with Gasteiger partial charge in [-0.2, -0.15) is 0 Å². The molecule has 0 N–H and O–H groups in total. The first-order valence-corrected chi connectivity index (χ1v) is 19.3. The molecule has 0 aromatic carbocycles. The van der Waals surface area contributed by atoms with Gasteiger partial charge >= 0.3 is 5.97 Å². The van der Waals surface area contributed by atoms with E-state index in [4.69, 9.17) is 33.2 Å². The van der Waals surface area contributed by atoms with Gasteiger partial charge in [-0.3, -0.25) is 4.79 Å². The molecule has 1 saturated carbocycles. The van der Waals surface area contributed by atoms with Crippen molar-refractivity contribution in [1.29, 1.82) is 0 Å². The molecule has 8 nitrogen and oxygen atoms in total. The highest BCUT2D eigenvalue weighted by atomic mass is 16.7. The van der Waals surface area contributed by atoms with Crippen LogP contribution in [0.4, 0.5) is 0 Å². The minimum atomic E-state index is -0.150. The first-order valence-electron chi connectivity index (χ1n) is 19.3. The zero-order valence-corrected chi connectivity index (χ0v) is 29.8. The molecule has 8 atom stereocenters. The van der Waals surface area contributed by atoms with Crippen LogP contribution in [0.3, 0.4) is 0 Å². The molecular weight excluding hydrogens is 596 g/mol. The van der Waals surface area contributed by atoms with Gasteiger partial charge < -0.3 is 33.2 Å². The summed E-state index contributed by atoms with van der Waals surface area (Å²) < 4.78 is 43.6. The van der Waals surface area contributed by atoms with E-state index < -0.39 is 0 Å². The molecule has 1 aliphatic carbocycles. The number of hydrogen-bond donors (Lipinski definition) is 0. The summed E-state index contributed by atoms with van der Waals surface area (Å²) in [4.78, 5) is 11.7. The quantitative estimate of drug-likeness (QED) is 0.0727. The van der Waals surface area contributed by atoms with E-state index >= 15 is 0 Å². The van der Waals surface area contributed by atoms with Crippen molar-refractivity contribution in [2.24, 2.45) is 17.8 Å². The summed E-state index contributed by atoms with van der Waals surface area (Å²) in [6, 6.07) is 0. The van der Waals surface area contributed by atoms with Crippen LogP contribution in [-0.2, 0) is 38.0 Å². The van der Waals surface area contributed by atoms with E-state index in [0.717, 1.165) is 123 Å². The minimum absolute atomic E-state index is 0.0132. The summed E-state index contributed by atoms with van der Waals surface area (Å²) in [5.41, 5.74) is 0. The molecule has 8 heteroatoms. The lowest BCUT2D eigenvalue weighted by Crippen LogP contribution is -2.31. The third kappa shape index (κ3) is 14.2. The SMILES string of the molecule is CCCCC[C@@H](C=C[C@@H]1[C@@H](CC=CCCCCOC(=O)C(C)C)[C@@H](OC2CCCCO2)C[C@H]1OC1CCCCO1)OC1CCCCO1. The summed E-state index contributed by atoms with van der Waals surface area (Å²) in [6.07, 6.45) is 27.8. The van der Waals surface area contributed by atoms with E-state index in [0.29, 0.717) is 6.61 Å². The Morgan fingerprint density at radius 1 is 0.787 bits per heavy atom. The van der Waals surface area contributed by atoms with Crippen molar-refractivity contribution >= 4 is 5.97 Å². The van der Waals surface area contributed by atoms with Gasteiger partial charge in [0.05, 0.1) is 30.8 Å². The normalized spacial score (nSPS) is 31.2. The number of hydrogen-bond acceptors (Lipinski definition) is 8. The second-order valence-electron chi connectivity index (χ2n) is 14.3. The van der Waals surface area contributed by atoms with Crippen LogP contribution in [0.2, 0.25) is 0 Å². The van der Waals surface area contributed by atoms with Crippen LogP contribution in [-0.4, -0.2) is 69.6 Å². The maximum absolute atomic E-state index is 11.7. The molecule has 3 aliphatic heterocycles. The summed E-state index contributed by atoms with van der Waals surface area (Å²) in [6.45, 7) is 8.81. The van der Waals surface area contributed by atoms with Gasteiger partial charge in [0, 0.05) is 32.2 Å². The van der Waals surface area contributed by atoms with Crippen LogP contribution in [0.1, 0.15) is 136 Å². The highest BCUT2D eigenvalue weighted by Crippen LogP contribution is 2.42. The number of allylic oxidation sites excluding steroid dienone is 2. The topological polar surface area (TPSA) is 81.7 Å². The van der Waals surface area contributed by atoms with Gasteiger partial charge in [-0.15, -0.1) is 0 Å². The Morgan fingerprint density at radius 2 is 1.45 bits per heavy atom. The smallest absolute Gasteiger partial charge is 0.308 e. The predicted octanol–water partition coefficient (Wildman–Crippen LogP) is 8.81. The molecule has 0 aromatic heterocycles. The zero-order valence-electron chi connectivity index (χ0n) is 29.8. The van der Waals surface area contributed by atoms with E-state index in [-0.39, 0.29) is 60.9 Å². The Bertz CT molecular complexity index is 887. The molecule has 3 heterocycles. The average Bonchev–Trinajstić information content (AvgIpc) is 3.40. The summed E-state index contributed by atoms with van der Waals surface area (Å²) >= 11 is 0. The highest BCUT2D eigenvalue weighted by Gasteiger charge is 2.45. The monoisotopic (exact) mass is 662 g/mol. The van der Waals surface area contributed by atoms with Crippen LogP contribution in [0, 0.1) is 17.8 Å². The molecule has 4 rings (SSSR count). The lowest BCUT2D eigenvalue weighted by atomic mass is 9.89. The van der Waals surface area contributed by atoms with Crippen molar-refractivity contribution in [3.8, 4) is 0 Å². The van der Waals surface area contributed by atoms with Crippen LogP contribution in [0.25, 0.3) is 0 Å². The van der Waals surface area contributed by atoms with Crippen molar-refractivity contribution < 1.29 is 38.0 Å². The number of rotatable bonds is 20. The van der Waals surface area contributed by atoms with Gasteiger partial charge in [-0.1, -0.05) is 64.3 Å². The van der Waals surface area contributed by atoms with Gasteiger partial charge in [0.1, 0.15) is 0 Å². The van der Waals surface area contributed by atoms with Crippen molar-refractivity contribution in [1.82, 2.24) is 0 Å². The Balaban J connectivity index is 1.45. The van der Waals surface area contributed by atoms with Gasteiger partial charge in [0.25, 0.3) is 0 Å². The number of carbonyl (C=O) groups excluding carboxylic acids is 1. The molecular formula is C39H66O8. The molecule has 0 spiro atoms. The number of unbranched alkanes of at least 4 members (excludes halogenated alkanes) is 4. The van der Waals surface area contributed by atoms with E-state index in [2.05, 4.69) is 31.2 Å². The lowest BCUT2D eigenvalue weighted by molar-refractivity contribution is -0.203. The van der Waals surface area contributed by atoms with Gasteiger partial charge in [0.15, 0.2) is 18.9 Å². The van der Waals surface area contributed by atoms with Crippen LogP contribution < -0.4 is 0 Å². The maximum atomic E-state index is 11.7. The standard InChI is InChI=1S/C39H66O8/c1-4-5-9-18-31(45-36-20-11-15-25-41-36)23-24-33-32(19-10-7-6-8-14-28-44-39(40)30(2)3)34(46-37-21-12-16-26-42-37)29-35(33)47-38-22-13-17-27-43-38/h7,10,23-24,30-38H,4-6,8-9,11-22,25-29H2,1-3H3/t31-,32+,33+,34-,35+,36?,37?,38?/m0/s1. The second kappa shape index (κ2) is 22.4. The third-order valence-corrected chi connectivity index (χ3v) is 9.96. The van der Waals surface area contributed by atoms with Crippen molar-refractivity contribution in [2.45, 2.75) is 174 Å². The van der Waals surface area contributed by atoms with Gasteiger partial charge in [-0.05, 0) is 95.8 Å². The Kier molecular flexibility index (Phi) is 18.4. The van der Waals surface area contributed by atoms with E-state index in [1.807, 2.05) is 13.8 Å². The zero-order chi connectivity index (χ0) is 33.1. The van der Waals surface area contributed by atoms with Crippen LogP contribution >= 0.6 is 0 Å². The second-order valence-corrected chi connectivity index (χ2v) is 14.3. The molecule has 0 radical (unpaired) electrons. The summed E-state index contributed by atoms with van der Waals surface area (Å²) in [7, 11) is 0.